The fourth-order valence-corrected chi connectivity index (χ4v) is 0. The van der Waals surface area contributed by atoms with Crippen LogP contribution in [-0.2, 0) is 0 Å². The standard InChI is InChI=1S/CH4.Ge.In.Si/h1H4;;;. The van der Waals surface area contributed by atoms with E-state index < -0.39 is 0 Å². The van der Waals surface area contributed by atoms with Gasteiger partial charge in [0.15, 0.2) is 0 Å². The predicted molar refractivity (Wildman–Crippen MR) is 24.0 cm³/mol. The van der Waals surface area contributed by atoms with Gasteiger partial charge in [0.1, 0.15) is 0 Å². The summed E-state index contributed by atoms with van der Waals surface area (Å²) in [4.78, 5) is 0. The summed E-state index contributed by atoms with van der Waals surface area (Å²) < 4.78 is 0. The van der Waals surface area contributed by atoms with Gasteiger partial charge in [-0.3, -0.25) is 0 Å². The Morgan fingerprint density at radius 1 is 1.00 bits per heavy atom. The summed E-state index contributed by atoms with van der Waals surface area (Å²) in [7, 11) is 0. The van der Waals surface area contributed by atoms with Crippen LogP contribution in [0, 0.1) is 0 Å². The molecule has 0 aromatic heterocycles. The Bertz CT molecular complexity index is 8.00. The molecule has 0 amide bonds. The topological polar surface area (TPSA) is 0 Å². The molecule has 0 bridgehead atoms. The second-order valence-electron chi connectivity index (χ2n) is 0. The van der Waals surface area contributed by atoms with Gasteiger partial charge in [-0.1, -0.05) is 7.43 Å². The van der Waals surface area contributed by atoms with Crippen LogP contribution in [0.5, 0.6) is 0 Å². The zero-order chi connectivity index (χ0) is 0. The molecule has 0 aromatic rings. The number of hydrogen-bond donors (Lipinski definition) is 0. The van der Waals surface area contributed by atoms with Crippen molar-refractivity contribution in [1.82, 2.24) is 0 Å². The maximum Gasteiger partial charge on any atom is 0 e. The zero-order valence-electron chi connectivity index (χ0n) is 1.58. The zero-order valence-corrected chi connectivity index (χ0v) is 7.97. The van der Waals surface area contributed by atoms with Crippen molar-refractivity contribution >= 4 is 54.4 Å². The molecule has 3 heteroatoms. The molecule has 0 aliphatic rings. The molecule has 19 valence electrons. The van der Waals surface area contributed by atoms with Crippen molar-refractivity contribution in [3.05, 3.63) is 0 Å². The van der Waals surface area contributed by atoms with Gasteiger partial charge in [0.25, 0.3) is 0 Å². The summed E-state index contributed by atoms with van der Waals surface area (Å²) in [5.74, 6) is 0. The van der Waals surface area contributed by atoms with E-state index in [-0.39, 0.29) is 61.8 Å². The minimum Gasteiger partial charge on any atom is -0.0776 e. The molecule has 0 fully saturated rings. The minimum absolute atomic E-state index is 0. The molecule has 0 saturated carbocycles. The molecule has 0 spiro atoms. The molecule has 0 atom stereocenters. The molecular formula is CH4GeInSi. The van der Waals surface area contributed by atoms with Crippen LogP contribution >= 0.6 is 0 Å². The van der Waals surface area contributed by atoms with Crippen LogP contribution < -0.4 is 0 Å². The van der Waals surface area contributed by atoms with Gasteiger partial charge in [-0.25, -0.2) is 0 Å². The van der Waals surface area contributed by atoms with Crippen LogP contribution in [-0.4, -0.2) is 54.4 Å². The second kappa shape index (κ2) is 23.0. The fraction of sp³-hybridized carbons (Fsp3) is 1.00. The second-order valence-corrected chi connectivity index (χ2v) is 0. The summed E-state index contributed by atoms with van der Waals surface area (Å²) in [6, 6.07) is 0. The SMILES string of the molecule is C.[Ge].[In].[Si]. The first kappa shape index (κ1) is 45.4. The summed E-state index contributed by atoms with van der Waals surface area (Å²) in [6.07, 6.45) is 0. The molecule has 0 unspecified atom stereocenters. The van der Waals surface area contributed by atoms with Gasteiger partial charge >= 0.3 is 0 Å². The van der Waals surface area contributed by atoms with E-state index in [0.29, 0.717) is 0 Å². The first-order valence-corrected chi connectivity index (χ1v) is 0. The third-order valence-electron chi connectivity index (χ3n) is 0. The third kappa shape index (κ3) is 9.45. The van der Waals surface area contributed by atoms with E-state index in [2.05, 4.69) is 0 Å². The van der Waals surface area contributed by atoms with Gasteiger partial charge in [-0.2, -0.15) is 0 Å². The van der Waals surface area contributed by atoms with Gasteiger partial charge in [-0.05, 0) is 0 Å². The van der Waals surface area contributed by atoms with E-state index in [4.69, 9.17) is 0 Å². The van der Waals surface area contributed by atoms with Crippen LogP contribution in [0.3, 0.4) is 0 Å². The largest absolute Gasteiger partial charge is 0.0776 e. The van der Waals surface area contributed by atoms with Crippen molar-refractivity contribution in [3.8, 4) is 0 Å². The predicted octanol–water partition coefficient (Wildman–Crippen LogP) is -0.506. The average Bonchev–Trinajstić information content (AvgIpc) is 0. The summed E-state index contributed by atoms with van der Waals surface area (Å²) in [6.45, 7) is 0. The smallest absolute Gasteiger partial charge is 0 e. The van der Waals surface area contributed by atoms with E-state index in [9.17, 15) is 0 Å². The molecule has 0 N–H and O–H groups in total. The Balaban J connectivity index is 0. The normalized spacial score (nSPS) is 0. The van der Waals surface area contributed by atoms with Crippen LogP contribution in [0.2, 0.25) is 0 Å². The van der Waals surface area contributed by atoms with Gasteiger partial charge in [-0.15, -0.1) is 0 Å². The van der Waals surface area contributed by atoms with Gasteiger partial charge in [0.2, 0.25) is 0 Å². The van der Waals surface area contributed by atoms with E-state index >= 15 is 0 Å². The van der Waals surface area contributed by atoms with Gasteiger partial charge < -0.3 is 0 Å². The first-order valence-electron chi connectivity index (χ1n) is 0. The third-order valence-corrected chi connectivity index (χ3v) is 0. The van der Waals surface area contributed by atoms with E-state index in [1.165, 1.54) is 0 Å². The Kier molecular flexibility index (Phi) is 261. The molecule has 4 heavy (non-hydrogen) atoms. The number of hydrogen-bond acceptors (Lipinski definition) is 0. The summed E-state index contributed by atoms with van der Waals surface area (Å²) in [5.41, 5.74) is 0. The fourth-order valence-electron chi connectivity index (χ4n) is 0. The molecule has 0 aromatic carbocycles. The molecule has 11 radical (unpaired) electrons. The average molecular weight is 232 g/mol. The van der Waals surface area contributed by atoms with Crippen LogP contribution in [0.15, 0.2) is 0 Å². The molecule has 0 nitrogen and oxygen atoms in total. The van der Waals surface area contributed by atoms with Crippen molar-refractivity contribution in [2.45, 2.75) is 7.43 Å². The van der Waals surface area contributed by atoms with Crippen LogP contribution in [0.4, 0.5) is 0 Å². The van der Waals surface area contributed by atoms with E-state index in [1.54, 1.807) is 0 Å². The maximum absolute atomic E-state index is 0. The van der Waals surface area contributed by atoms with Crippen molar-refractivity contribution < 1.29 is 0 Å². The number of rotatable bonds is 0. The Labute approximate surface area is 61.5 Å². The molecule has 0 aliphatic carbocycles. The summed E-state index contributed by atoms with van der Waals surface area (Å²) in [5, 5.41) is 0. The van der Waals surface area contributed by atoms with Crippen molar-refractivity contribution in [3.63, 3.8) is 0 Å². The maximum atomic E-state index is 0. The Morgan fingerprint density at radius 2 is 1.00 bits per heavy atom. The van der Waals surface area contributed by atoms with Gasteiger partial charge in [0.05, 0.1) is 0 Å². The minimum atomic E-state index is 0. The molecular weight excluding hydrogens is 228 g/mol. The Hall–Kier alpha value is 1.63. The summed E-state index contributed by atoms with van der Waals surface area (Å²) >= 11 is 0. The van der Waals surface area contributed by atoms with Crippen molar-refractivity contribution in [2.24, 2.45) is 0 Å². The van der Waals surface area contributed by atoms with Crippen LogP contribution in [0.1, 0.15) is 7.43 Å². The molecule has 0 aliphatic heterocycles. The van der Waals surface area contributed by atoms with Crippen molar-refractivity contribution in [2.75, 3.05) is 0 Å². The first-order chi connectivity index (χ1) is 0. The van der Waals surface area contributed by atoms with Crippen LogP contribution in [0.25, 0.3) is 0 Å². The van der Waals surface area contributed by atoms with Gasteiger partial charge in [0, 0.05) is 54.4 Å². The molecule has 0 rings (SSSR count). The molecule has 0 saturated heterocycles. The van der Waals surface area contributed by atoms with E-state index in [0.717, 1.165) is 0 Å². The molecule has 0 heterocycles. The van der Waals surface area contributed by atoms with Crippen molar-refractivity contribution in [1.29, 1.82) is 0 Å². The monoisotopic (exact) mass is 233 g/mol. The quantitative estimate of drug-likeness (QED) is 0.493. The Morgan fingerprint density at radius 3 is 1.00 bits per heavy atom. The van der Waals surface area contributed by atoms with E-state index in [1.807, 2.05) is 0 Å².